The summed E-state index contributed by atoms with van der Waals surface area (Å²) in [4.78, 5) is 20.8. The molecular weight excluding hydrogens is 328 g/mol. The Morgan fingerprint density at radius 3 is 2.54 bits per heavy atom. The molecule has 1 aromatic heterocycles. The van der Waals surface area contributed by atoms with Gasteiger partial charge in [-0.2, -0.15) is 0 Å². The van der Waals surface area contributed by atoms with E-state index in [0.717, 1.165) is 16.8 Å². The van der Waals surface area contributed by atoms with Crippen LogP contribution in [-0.4, -0.2) is 23.0 Å². The van der Waals surface area contributed by atoms with Gasteiger partial charge in [0.05, 0.1) is 25.2 Å². The molecule has 0 atom stereocenters. The molecule has 0 spiro atoms. The molecule has 1 heterocycles. The molecule has 0 bridgehead atoms. The van der Waals surface area contributed by atoms with Crippen LogP contribution < -0.4 is 15.4 Å². The van der Waals surface area contributed by atoms with Gasteiger partial charge in [0.2, 0.25) is 0 Å². The first kappa shape index (κ1) is 17.4. The number of nitrogens with one attached hydrogen (secondary N) is 2. The summed E-state index contributed by atoms with van der Waals surface area (Å²) < 4.78 is 5.23. The number of rotatable bonds is 5. The SMILES string of the molecule is COc1ccccc1NC(=O)c1cnc(Nc2cc(C)ccc2C)cn1. The molecule has 0 fully saturated rings. The lowest BCUT2D eigenvalue weighted by molar-refractivity contribution is 0.102. The highest BCUT2D eigenvalue weighted by molar-refractivity contribution is 6.03. The van der Waals surface area contributed by atoms with Crippen LogP contribution in [0.4, 0.5) is 17.2 Å². The Balaban J connectivity index is 1.73. The monoisotopic (exact) mass is 348 g/mol. The number of aromatic nitrogens is 2. The van der Waals surface area contributed by atoms with Crippen molar-refractivity contribution in [3.05, 3.63) is 71.7 Å². The Morgan fingerprint density at radius 1 is 1.00 bits per heavy atom. The van der Waals surface area contributed by atoms with Gasteiger partial charge in [-0.25, -0.2) is 9.97 Å². The Kier molecular flexibility index (Phi) is 5.12. The van der Waals surface area contributed by atoms with Crippen molar-refractivity contribution >= 4 is 23.1 Å². The molecule has 26 heavy (non-hydrogen) atoms. The first-order chi connectivity index (χ1) is 12.6. The van der Waals surface area contributed by atoms with E-state index in [2.05, 4.69) is 26.7 Å². The molecule has 0 aliphatic carbocycles. The van der Waals surface area contributed by atoms with E-state index >= 15 is 0 Å². The zero-order valence-electron chi connectivity index (χ0n) is 14.9. The molecule has 2 N–H and O–H groups in total. The van der Waals surface area contributed by atoms with Crippen LogP contribution in [0.15, 0.2) is 54.9 Å². The number of para-hydroxylation sites is 2. The van der Waals surface area contributed by atoms with E-state index in [4.69, 9.17) is 4.74 Å². The van der Waals surface area contributed by atoms with Gasteiger partial charge in [-0.05, 0) is 43.2 Å². The molecule has 0 unspecified atom stereocenters. The van der Waals surface area contributed by atoms with E-state index < -0.39 is 0 Å². The zero-order valence-corrected chi connectivity index (χ0v) is 14.9. The van der Waals surface area contributed by atoms with Crippen LogP contribution >= 0.6 is 0 Å². The predicted molar refractivity (Wildman–Crippen MR) is 102 cm³/mol. The molecule has 0 aliphatic rings. The van der Waals surface area contributed by atoms with Crippen molar-refractivity contribution in [1.29, 1.82) is 0 Å². The summed E-state index contributed by atoms with van der Waals surface area (Å²) in [6.45, 7) is 4.05. The van der Waals surface area contributed by atoms with E-state index in [0.29, 0.717) is 17.3 Å². The zero-order chi connectivity index (χ0) is 18.5. The van der Waals surface area contributed by atoms with Crippen molar-refractivity contribution in [3.63, 3.8) is 0 Å². The normalized spacial score (nSPS) is 10.3. The molecule has 0 radical (unpaired) electrons. The highest BCUT2D eigenvalue weighted by Gasteiger charge is 2.11. The molecule has 2 aromatic carbocycles. The van der Waals surface area contributed by atoms with Crippen LogP contribution in [0.3, 0.4) is 0 Å². The maximum Gasteiger partial charge on any atom is 0.275 e. The molecule has 6 heteroatoms. The molecule has 0 saturated heterocycles. The van der Waals surface area contributed by atoms with E-state index in [-0.39, 0.29) is 11.6 Å². The average Bonchev–Trinajstić information content (AvgIpc) is 2.65. The average molecular weight is 348 g/mol. The van der Waals surface area contributed by atoms with Gasteiger partial charge < -0.3 is 15.4 Å². The number of nitrogens with zero attached hydrogens (tertiary/aromatic N) is 2. The lowest BCUT2D eigenvalue weighted by Gasteiger charge is -2.11. The topological polar surface area (TPSA) is 76.1 Å². The quantitative estimate of drug-likeness (QED) is 0.726. The number of hydrogen-bond donors (Lipinski definition) is 2. The van der Waals surface area contributed by atoms with Gasteiger partial charge in [0.15, 0.2) is 0 Å². The van der Waals surface area contributed by atoms with Gasteiger partial charge in [-0.15, -0.1) is 0 Å². The van der Waals surface area contributed by atoms with Crippen LogP contribution in [0.25, 0.3) is 0 Å². The lowest BCUT2D eigenvalue weighted by Crippen LogP contribution is -2.14. The van der Waals surface area contributed by atoms with E-state index in [1.54, 1.807) is 25.4 Å². The third-order valence-electron chi connectivity index (χ3n) is 3.90. The maximum atomic E-state index is 12.4. The summed E-state index contributed by atoms with van der Waals surface area (Å²) in [6, 6.07) is 13.3. The Labute approximate surface area is 152 Å². The van der Waals surface area contributed by atoms with Crippen LogP contribution in [0.1, 0.15) is 21.6 Å². The van der Waals surface area contributed by atoms with E-state index in [1.807, 2.05) is 38.1 Å². The first-order valence-corrected chi connectivity index (χ1v) is 8.17. The van der Waals surface area contributed by atoms with Crippen LogP contribution in [0.2, 0.25) is 0 Å². The van der Waals surface area contributed by atoms with E-state index in [1.165, 1.54) is 6.20 Å². The minimum Gasteiger partial charge on any atom is -0.495 e. The van der Waals surface area contributed by atoms with Crippen molar-refractivity contribution in [2.75, 3.05) is 17.7 Å². The first-order valence-electron chi connectivity index (χ1n) is 8.17. The number of methoxy groups -OCH3 is 1. The number of hydrogen-bond acceptors (Lipinski definition) is 5. The Bertz CT molecular complexity index is 923. The Morgan fingerprint density at radius 2 is 1.81 bits per heavy atom. The van der Waals surface area contributed by atoms with E-state index in [9.17, 15) is 4.79 Å². The van der Waals surface area contributed by atoms with Gasteiger partial charge in [-0.3, -0.25) is 4.79 Å². The molecule has 0 saturated carbocycles. The smallest absolute Gasteiger partial charge is 0.275 e. The fourth-order valence-electron chi connectivity index (χ4n) is 2.45. The highest BCUT2D eigenvalue weighted by Crippen LogP contribution is 2.24. The standard InChI is InChI=1S/C20H20N4O2/c1-13-8-9-14(2)16(10-13)23-19-12-21-17(11-22-19)20(25)24-15-6-4-5-7-18(15)26-3/h4-12H,1-3H3,(H,22,23)(H,24,25). The van der Waals surface area contributed by atoms with Gasteiger partial charge in [-0.1, -0.05) is 24.3 Å². The van der Waals surface area contributed by atoms with Crippen molar-refractivity contribution < 1.29 is 9.53 Å². The number of aryl methyl sites for hydroxylation is 2. The molecule has 132 valence electrons. The van der Waals surface area contributed by atoms with Crippen LogP contribution in [0, 0.1) is 13.8 Å². The van der Waals surface area contributed by atoms with Crippen molar-refractivity contribution in [1.82, 2.24) is 9.97 Å². The molecule has 0 aliphatic heterocycles. The molecule has 1 amide bonds. The van der Waals surface area contributed by atoms with Crippen molar-refractivity contribution in [2.45, 2.75) is 13.8 Å². The summed E-state index contributed by atoms with van der Waals surface area (Å²) in [5, 5.41) is 6.00. The van der Waals surface area contributed by atoms with Gasteiger partial charge in [0.25, 0.3) is 5.91 Å². The summed E-state index contributed by atoms with van der Waals surface area (Å²) in [5.74, 6) is 0.815. The number of benzene rings is 2. The molecule has 3 rings (SSSR count). The van der Waals surface area contributed by atoms with Crippen LogP contribution in [-0.2, 0) is 0 Å². The summed E-state index contributed by atoms with van der Waals surface area (Å²) in [5.41, 5.74) is 4.03. The van der Waals surface area contributed by atoms with Gasteiger partial charge in [0, 0.05) is 5.69 Å². The number of amides is 1. The third kappa shape index (κ3) is 3.97. The molecular formula is C20H20N4O2. The third-order valence-corrected chi connectivity index (χ3v) is 3.90. The van der Waals surface area contributed by atoms with Gasteiger partial charge >= 0.3 is 0 Å². The largest absolute Gasteiger partial charge is 0.495 e. The van der Waals surface area contributed by atoms with Crippen LogP contribution in [0.5, 0.6) is 5.75 Å². The molecule has 6 nitrogen and oxygen atoms in total. The Hall–Kier alpha value is -3.41. The second-order valence-corrected chi connectivity index (χ2v) is 5.88. The second-order valence-electron chi connectivity index (χ2n) is 5.88. The number of anilines is 3. The summed E-state index contributed by atoms with van der Waals surface area (Å²) in [6.07, 6.45) is 2.98. The van der Waals surface area contributed by atoms with Gasteiger partial charge in [0.1, 0.15) is 17.3 Å². The van der Waals surface area contributed by atoms with Crippen molar-refractivity contribution in [2.24, 2.45) is 0 Å². The summed E-state index contributed by atoms with van der Waals surface area (Å²) >= 11 is 0. The highest BCUT2D eigenvalue weighted by atomic mass is 16.5. The number of ether oxygens (including phenoxy) is 1. The summed E-state index contributed by atoms with van der Waals surface area (Å²) in [7, 11) is 1.55. The fraction of sp³-hybridized carbons (Fsp3) is 0.150. The van der Waals surface area contributed by atoms with Crippen molar-refractivity contribution in [3.8, 4) is 5.75 Å². The lowest BCUT2D eigenvalue weighted by atomic mass is 10.1. The molecule has 3 aromatic rings. The fourth-order valence-corrected chi connectivity index (χ4v) is 2.45. The minimum absolute atomic E-state index is 0.224. The maximum absolute atomic E-state index is 12.4. The predicted octanol–water partition coefficient (Wildman–Crippen LogP) is 4.10. The second kappa shape index (κ2) is 7.65. The number of carbonyl (C=O) groups excluding carboxylic acids is 1. The number of carbonyl (C=O) groups is 1. The minimum atomic E-state index is -0.347.